The molecule has 0 bridgehead atoms. The maximum atomic E-state index is 10.7. The normalized spacial score (nSPS) is 11.3. The molecule has 0 heterocycles. The lowest BCUT2D eigenvalue weighted by atomic mass is 10.1. The highest BCUT2D eigenvalue weighted by Gasteiger charge is 2.03. The summed E-state index contributed by atoms with van der Waals surface area (Å²) in [6.45, 7) is 0.0608. The van der Waals surface area contributed by atoms with Gasteiger partial charge in [-0.15, -0.1) is 0 Å². The van der Waals surface area contributed by atoms with Crippen molar-refractivity contribution >= 4 is 16.1 Å². The number of benzene rings is 1. The van der Waals surface area contributed by atoms with E-state index in [1.807, 2.05) is 0 Å². The molecule has 1 aromatic carbocycles. The summed E-state index contributed by atoms with van der Waals surface area (Å²) < 4.78 is 25.9. The zero-order valence-electron chi connectivity index (χ0n) is 8.71. The number of hydrogen-bond acceptors (Lipinski definition) is 4. The number of hydrogen-bond donors (Lipinski definition) is 1. The largest absolute Gasteiger partial charge is 0.478 e. The molecule has 0 aliphatic heterocycles. The molecule has 0 aromatic heterocycles. The second-order valence-electron chi connectivity index (χ2n) is 3.28. The molecule has 0 aliphatic carbocycles. The summed E-state index contributed by atoms with van der Waals surface area (Å²) >= 11 is 0. The molecule has 0 aliphatic rings. The van der Waals surface area contributed by atoms with Gasteiger partial charge in [-0.2, -0.15) is 8.42 Å². The van der Waals surface area contributed by atoms with Gasteiger partial charge in [0.15, 0.2) is 0 Å². The standard InChI is InChI=1S/C10H12O5S/c1-16(13,14)15-7-6-8-2-4-9(5-3-8)10(11)12/h2-5H,6-7H2,1H3,(H,11,12). The molecule has 1 rings (SSSR count). The van der Waals surface area contributed by atoms with Crippen molar-refractivity contribution in [3.63, 3.8) is 0 Å². The summed E-state index contributed by atoms with van der Waals surface area (Å²) in [5, 5.41) is 8.65. The molecule has 0 spiro atoms. The van der Waals surface area contributed by atoms with Gasteiger partial charge in [0.05, 0.1) is 18.4 Å². The quantitative estimate of drug-likeness (QED) is 0.778. The van der Waals surface area contributed by atoms with Crippen molar-refractivity contribution in [1.29, 1.82) is 0 Å². The smallest absolute Gasteiger partial charge is 0.335 e. The van der Waals surface area contributed by atoms with Gasteiger partial charge in [0.1, 0.15) is 0 Å². The molecule has 0 amide bonds. The first-order valence-electron chi connectivity index (χ1n) is 4.55. The van der Waals surface area contributed by atoms with Gasteiger partial charge in [-0.25, -0.2) is 4.79 Å². The van der Waals surface area contributed by atoms with Crippen molar-refractivity contribution in [3.05, 3.63) is 35.4 Å². The lowest BCUT2D eigenvalue weighted by Crippen LogP contribution is -2.06. The van der Waals surface area contributed by atoms with Crippen LogP contribution in [0.5, 0.6) is 0 Å². The average molecular weight is 244 g/mol. The fourth-order valence-electron chi connectivity index (χ4n) is 1.12. The minimum atomic E-state index is -3.41. The van der Waals surface area contributed by atoms with E-state index < -0.39 is 16.1 Å². The lowest BCUT2D eigenvalue weighted by Gasteiger charge is -2.02. The van der Waals surface area contributed by atoms with Crippen molar-refractivity contribution in [2.24, 2.45) is 0 Å². The summed E-state index contributed by atoms with van der Waals surface area (Å²) in [7, 11) is -3.41. The zero-order valence-corrected chi connectivity index (χ0v) is 9.53. The monoisotopic (exact) mass is 244 g/mol. The van der Waals surface area contributed by atoms with Crippen LogP contribution < -0.4 is 0 Å². The molecule has 0 saturated carbocycles. The van der Waals surface area contributed by atoms with Gasteiger partial charge in [0, 0.05) is 0 Å². The molecule has 0 radical (unpaired) electrons. The Morgan fingerprint density at radius 1 is 1.31 bits per heavy atom. The van der Waals surface area contributed by atoms with Crippen molar-refractivity contribution in [2.75, 3.05) is 12.9 Å². The first-order valence-corrected chi connectivity index (χ1v) is 6.37. The fraction of sp³-hybridized carbons (Fsp3) is 0.300. The van der Waals surface area contributed by atoms with E-state index in [9.17, 15) is 13.2 Å². The van der Waals surface area contributed by atoms with E-state index in [0.29, 0.717) is 6.42 Å². The van der Waals surface area contributed by atoms with Crippen LogP contribution in [-0.4, -0.2) is 32.4 Å². The third-order valence-corrected chi connectivity index (χ3v) is 2.48. The maximum Gasteiger partial charge on any atom is 0.335 e. The highest BCUT2D eigenvalue weighted by atomic mass is 32.2. The van der Waals surface area contributed by atoms with Crippen LogP contribution >= 0.6 is 0 Å². The number of carboxylic acids is 1. The molecule has 0 atom stereocenters. The van der Waals surface area contributed by atoms with E-state index in [4.69, 9.17) is 5.11 Å². The number of aromatic carboxylic acids is 1. The Labute approximate surface area is 93.8 Å². The first-order chi connectivity index (χ1) is 7.38. The number of carboxylic acid groups (broad SMARTS) is 1. The number of rotatable bonds is 5. The maximum absolute atomic E-state index is 10.7. The second-order valence-corrected chi connectivity index (χ2v) is 4.92. The number of carbonyl (C=O) groups is 1. The molecule has 0 fully saturated rings. The average Bonchev–Trinajstić information content (AvgIpc) is 2.16. The molecule has 6 heteroatoms. The van der Waals surface area contributed by atoms with Gasteiger partial charge in [-0.1, -0.05) is 12.1 Å². The van der Waals surface area contributed by atoms with E-state index in [-0.39, 0.29) is 12.2 Å². The highest BCUT2D eigenvalue weighted by molar-refractivity contribution is 7.85. The van der Waals surface area contributed by atoms with Crippen LogP contribution in [-0.2, 0) is 20.7 Å². The molecule has 0 unspecified atom stereocenters. The van der Waals surface area contributed by atoms with Gasteiger partial charge in [0.2, 0.25) is 0 Å². The minimum absolute atomic E-state index is 0.0608. The van der Waals surface area contributed by atoms with Crippen molar-refractivity contribution in [2.45, 2.75) is 6.42 Å². The Bertz CT molecular complexity index is 460. The van der Waals surface area contributed by atoms with Gasteiger partial charge in [-0.3, -0.25) is 4.18 Å². The second kappa shape index (κ2) is 5.09. The Kier molecular flexibility index (Phi) is 4.03. The topological polar surface area (TPSA) is 80.7 Å². The van der Waals surface area contributed by atoms with Crippen LogP contribution in [0.3, 0.4) is 0 Å². The summed E-state index contributed by atoms with van der Waals surface area (Å²) in [5.41, 5.74) is 1.03. The van der Waals surface area contributed by atoms with Crippen molar-refractivity contribution in [1.82, 2.24) is 0 Å². The van der Waals surface area contributed by atoms with Crippen LogP contribution in [0.4, 0.5) is 0 Å². The van der Waals surface area contributed by atoms with Crippen molar-refractivity contribution in [3.8, 4) is 0 Å². The minimum Gasteiger partial charge on any atom is -0.478 e. The molecule has 1 aromatic rings. The van der Waals surface area contributed by atoms with Gasteiger partial charge >= 0.3 is 5.97 Å². The summed E-state index contributed by atoms with van der Waals surface area (Å²) in [6.07, 6.45) is 1.41. The fourth-order valence-corrected chi connectivity index (χ4v) is 1.51. The highest BCUT2D eigenvalue weighted by Crippen LogP contribution is 2.05. The van der Waals surface area contributed by atoms with E-state index in [1.54, 1.807) is 12.1 Å². The lowest BCUT2D eigenvalue weighted by molar-refractivity contribution is 0.0697. The summed E-state index contributed by atoms with van der Waals surface area (Å²) in [5.74, 6) is -0.987. The van der Waals surface area contributed by atoms with Crippen LogP contribution in [0.15, 0.2) is 24.3 Å². The molecule has 0 saturated heterocycles. The summed E-state index contributed by atoms with van der Waals surface area (Å²) in [4.78, 5) is 10.6. The van der Waals surface area contributed by atoms with Crippen LogP contribution in [0, 0.1) is 0 Å². The van der Waals surface area contributed by atoms with Gasteiger partial charge < -0.3 is 5.11 Å². The molecular weight excluding hydrogens is 232 g/mol. The third-order valence-electron chi connectivity index (χ3n) is 1.89. The van der Waals surface area contributed by atoms with Gasteiger partial charge in [0.25, 0.3) is 10.1 Å². The molecular formula is C10H12O5S. The van der Waals surface area contributed by atoms with Crippen LogP contribution in [0.1, 0.15) is 15.9 Å². The Balaban J connectivity index is 2.53. The van der Waals surface area contributed by atoms with Gasteiger partial charge in [-0.05, 0) is 24.1 Å². The molecule has 1 N–H and O–H groups in total. The van der Waals surface area contributed by atoms with E-state index in [2.05, 4.69) is 4.18 Å². The molecule has 16 heavy (non-hydrogen) atoms. The third kappa shape index (κ3) is 4.41. The SMILES string of the molecule is CS(=O)(=O)OCCc1ccc(C(=O)O)cc1. The van der Waals surface area contributed by atoms with E-state index >= 15 is 0 Å². The van der Waals surface area contributed by atoms with Crippen LogP contribution in [0.25, 0.3) is 0 Å². The predicted octanol–water partition coefficient (Wildman–Crippen LogP) is 0.904. The van der Waals surface area contributed by atoms with E-state index in [1.165, 1.54) is 12.1 Å². The summed E-state index contributed by atoms with van der Waals surface area (Å²) in [6, 6.07) is 6.21. The Morgan fingerprint density at radius 3 is 2.31 bits per heavy atom. The Hall–Kier alpha value is -1.40. The zero-order chi connectivity index (χ0) is 12.2. The van der Waals surface area contributed by atoms with E-state index in [0.717, 1.165) is 11.8 Å². The predicted molar refractivity (Wildman–Crippen MR) is 57.9 cm³/mol. The molecule has 88 valence electrons. The van der Waals surface area contributed by atoms with Crippen molar-refractivity contribution < 1.29 is 22.5 Å². The molecule has 5 nitrogen and oxygen atoms in total. The first kappa shape index (κ1) is 12.7. The Morgan fingerprint density at radius 2 is 1.88 bits per heavy atom. The van der Waals surface area contributed by atoms with Crippen LogP contribution in [0.2, 0.25) is 0 Å².